The molecule has 0 saturated carbocycles. The van der Waals surface area contributed by atoms with Crippen LogP contribution in [0.4, 0.5) is 11.5 Å². The highest BCUT2D eigenvalue weighted by Gasteiger charge is 2.25. The molecule has 0 aliphatic carbocycles. The molecule has 0 amide bonds. The number of ether oxygens (including phenoxy) is 1. The zero-order valence-electron chi connectivity index (χ0n) is 15.1. The lowest BCUT2D eigenvalue weighted by Crippen LogP contribution is -2.24. The largest absolute Gasteiger partial charge is 0.478 e. The van der Waals surface area contributed by atoms with E-state index >= 15 is 0 Å². The van der Waals surface area contributed by atoms with Crippen molar-refractivity contribution in [2.45, 2.75) is 9.92 Å². The van der Waals surface area contributed by atoms with Crippen molar-refractivity contribution < 1.29 is 14.6 Å². The van der Waals surface area contributed by atoms with E-state index in [1.165, 1.54) is 0 Å². The highest BCUT2D eigenvalue weighted by molar-refractivity contribution is 7.99. The number of fused-ring (bicyclic) bond motifs is 2. The number of benzene rings is 2. The van der Waals surface area contributed by atoms with E-state index in [1.807, 2.05) is 23.1 Å². The molecule has 6 nitrogen and oxygen atoms in total. The molecule has 1 aliphatic heterocycles. The summed E-state index contributed by atoms with van der Waals surface area (Å²) >= 11 is 1.59. The number of carboxylic acids is 1. The topological polar surface area (TPSA) is 75.5 Å². The summed E-state index contributed by atoms with van der Waals surface area (Å²) in [7, 11) is 1.65. The zero-order chi connectivity index (χ0) is 19.5. The predicted molar refractivity (Wildman–Crippen MR) is 109 cm³/mol. The maximum atomic E-state index is 11.0. The van der Waals surface area contributed by atoms with Gasteiger partial charge in [-0.25, -0.2) is 14.8 Å². The minimum atomic E-state index is -0.927. The Morgan fingerprint density at radius 2 is 1.82 bits per heavy atom. The van der Waals surface area contributed by atoms with Gasteiger partial charge in [0.15, 0.2) is 5.82 Å². The van der Waals surface area contributed by atoms with Crippen LogP contribution in [0, 0.1) is 0 Å². The summed E-state index contributed by atoms with van der Waals surface area (Å²) in [6, 6.07) is 13.0. The molecule has 140 valence electrons. The Morgan fingerprint density at radius 3 is 2.57 bits per heavy atom. The third kappa shape index (κ3) is 3.62. The van der Waals surface area contributed by atoms with Gasteiger partial charge in [-0.05, 0) is 35.4 Å². The van der Waals surface area contributed by atoms with Gasteiger partial charge < -0.3 is 9.84 Å². The number of rotatable bonds is 5. The second-order valence-electron chi connectivity index (χ2n) is 6.12. The van der Waals surface area contributed by atoms with Gasteiger partial charge in [0.1, 0.15) is 11.8 Å². The molecule has 0 radical (unpaired) electrons. The van der Waals surface area contributed by atoms with E-state index in [0.29, 0.717) is 6.73 Å². The average Bonchev–Trinajstić information content (AvgIpc) is 2.72. The Hall–Kier alpha value is -3.16. The summed E-state index contributed by atoms with van der Waals surface area (Å²) in [6.07, 6.45) is 7.32. The summed E-state index contributed by atoms with van der Waals surface area (Å²) < 4.78 is 5.38. The molecule has 4 rings (SSSR count). The monoisotopic (exact) mass is 391 g/mol. The van der Waals surface area contributed by atoms with Crippen LogP contribution in [0.1, 0.15) is 21.5 Å². The van der Waals surface area contributed by atoms with Crippen LogP contribution in [-0.4, -0.2) is 34.9 Å². The maximum absolute atomic E-state index is 11.0. The summed E-state index contributed by atoms with van der Waals surface area (Å²) in [5, 5.41) is 9.85. The van der Waals surface area contributed by atoms with Gasteiger partial charge in [-0.3, -0.25) is 4.90 Å². The van der Waals surface area contributed by atoms with E-state index in [1.54, 1.807) is 55.5 Å². The molecule has 7 heteroatoms. The molecule has 0 fully saturated rings. The van der Waals surface area contributed by atoms with E-state index in [0.717, 1.165) is 32.6 Å². The SMILES string of the molecule is COCN1c2cc(C=Cc3ccc(C(=O)O)cc3)ccc2Sc2nccnc21. The molecular weight excluding hydrogens is 374 g/mol. The Bertz CT molecular complexity index is 1050. The van der Waals surface area contributed by atoms with Crippen molar-refractivity contribution in [3.63, 3.8) is 0 Å². The Morgan fingerprint density at radius 1 is 1.11 bits per heavy atom. The number of carbonyl (C=O) groups is 1. The van der Waals surface area contributed by atoms with Gasteiger partial charge in [-0.1, -0.05) is 42.1 Å². The van der Waals surface area contributed by atoms with E-state index in [2.05, 4.69) is 22.1 Å². The lowest BCUT2D eigenvalue weighted by Gasteiger charge is -2.30. The van der Waals surface area contributed by atoms with Gasteiger partial charge in [0.25, 0.3) is 0 Å². The van der Waals surface area contributed by atoms with Crippen LogP contribution in [-0.2, 0) is 4.74 Å². The van der Waals surface area contributed by atoms with Crippen molar-refractivity contribution in [2.75, 3.05) is 18.7 Å². The Balaban J connectivity index is 1.63. The average molecular weight is 391 g/mol. The highest BCUT2D eigenvalue weighted by atomic mass is 32.2. The van der Waals surface area contributed by atoms with Crippen LogP contribution >= 0.6 is 11.8 Å². The molecular formula is C21H17N3O3S. The standard InChI is InChI=1S/C21H17N3O3S/c1-27-13-24-17-12-15(3-2-14-4-7-16(8-5-14)21(25)26)6-9-18(17)28-20-19(24)22-10-11-23-20/h2-12H,13H2,1H3,(H,25,26). The summed E-state index contributed by atoms with van der Waals surface area (Å²) in [4.78, 5) is 22.9. The van der Waals surface area contributed by atoms with E-state index in [9.17, 15) is 4.79 Å². The van der Waals surface area contributed by atoms with Crippen molar-refractivity contribution in [2.24, 2.45) is 0 Å². The highest BCUT2D eigenvalue weighted by Crippen LogP contribution is 2.46. The number of nitrogens with zero attached hydrogens (tertiary/aromatic N) is 3. The summed E-state index contributed by atoms with van der Waals surface area (Å²) in [6.45, 7) is 0.378. The lowest BCUT2D eigenvalue weighted by molar-refractivity contribution is 0.0697. The number of aromatic carboxylic acids is 1. The molecule has 2 aromatic carbocycles. The first-order valence-electron chi connectivity index (χ1n) is 8.56. The van der Waals surface area contributed by atoms with E-state index in [-0.39, 0.29) is 5.56 Å². The number of aromatic nitrogens is 2. The molecule has 2 heterocycles. The number of hydrogen-bond acceptors (Lipinski definition) is 6. The Kier molecular flexibility index (Phi) is 5.10. The van der Waals surface area contributed by atoms with E-state index < -0.39 is 5.97 Å². The first-order chi connectivity index (χ1) is 13.7. The van der Waals surface area contributed by atoms with Crippen LogP contribution in [0.2, 0.25) is 0 Å². The minimum absolute atomic E-state index is 0.276. The third-order valence-electron chi connectivity index (χ3n) is 4.27. The van der Waals surface area contributed by atoms with Crippen molar-refractivity contribution in [3.05, 3.63) is 71.5 Å². The van der Waals surface area contributed by atoms with Crippen LogP contribution in [0.25, 0.3) is 12.2 Å². The number of methoxy groups -OCH3 is 1. The molecule has 0 atom stereocenters. The molecule has 0 unspecified atom stereocenters. The van der Waals surface area contributed by atoms with Crippen LogP contribution in [0.5, 0.6) is 0 Å². The van der Waals surface area contributed by atoms with Gasteiger partial charge in [-0.2, -0.15) is 0 Å². The van der Waals surface area contributed by atoms with Gasteiger partial charge in [-0.15, -0.1) is 0 Å². The summed E-state index contributed by atoms with van der Waals surface area (Å²) in [5.74, 6) is -0.142. The smallest absolute Gasteiger partial charge is 0.335 e. The summed E-state index contributed by atoms with van der Waals surface area (Å²) in [5.41, 5.74) is 3.25. The van der Waals surface area contributed by atoms with Gasteiger partial charge in [0.05, 0.1) is 11.3 Å². The minimum Gasteiger partial charge on any atom is -0.478 e. The fourth-order valence-electron chi connectivity index (χ4n) is 2.92. The van der Waals surface area contributed by atoms with Crippen LogP contribution in [0.3, 0.4) is 0 Å². The van der Waals surface area contributed by atoms with E-state index in [4.69, 9.17) is 9.84 Å². The molecule has 0 spiro atoms. The fourth-order valence-corrected chi connectivity index (χ4v) is 3.90. The predicted octanol–water partition coefficient (Wildman–Crippen LogP) is 4.55. The van der Waals surface area contributed by atoms with Crippen molar-refractivity contribution in [1.29, 1.82) is 0 Å². The molecule has 1 N–H and O–H groups in total. The zero-order valence-corrected chi connectivity index (χ0v) is 15.9. The Labute approximate surface area is 166 Å². The molecule has 3 aromatic rings. The quantitative estimate of drug-likeness (QED) is 0.639. The molecule has 0 saturated heterocycles. The third-order valence-corrected chi connectivity index (χ3v) is 5.31. The molecule has 1 aliphatic rings. The van der Waals surface area contributed by atoms with Crippen molar-refractivity contribution in [3.8, 4) is 0 Å². The van der Waals surface area contributed by atoms with Crippen LogP contribution < -0.4 is 4.90 Å². The molecule has 1 aromatic heterocycles. The number of carboxylic acid groups (broad SMARTS) is 1. The number of anilines is 2. The molecule has 0 bridgehead atoms. The van der Waals surface area contributed by atoms with Crippen LogP contribution in [0.15, 0.2) is 64.8 Å². The van der Waals surface area contributed by atoms with Crippen molar-refractivity contribution >= 4 is 41.4 Å². The maximum Gasteiger partial charge on any atom is 0.335 e. The lowest BCUT2D eigenvalue weighted by atomic mass is 10.1. The second kappa shape index (κ2) is 7.84. The van der Waals surface area contributed by atoms with Gasteiger partial charge >= 0.3 is 5.97 Å². The molecule has 28 heavy (non-hydrogen) atoms. The van der Waals surface area contributed by atoms with Crippen molar-refractivity contribution in [1.82, 2.24) is 9.97 Å². The first kappa shape index (κ1) is 18.2. The first-order valence-corrected chi connectivity index (χ1v) is 9.38. The number of hydrogen-bond donors (Lipinski definition) is 1. The second-order valence-corrected chi connectivity index (χ2v) is 7.15. The van der Waals surface area contributed by atoms with Gasteiger partial charge in [0, 0.05) is 24.4 Å². The fraction of sp³-hybridized carbons (Fsp3) is 0.0952. The normalized spacial score (nSPS) is 12.7. The van der Waals surface area contributed by atoms with Gasteiger partial charge in [0.2, 0.25) is 0 Å².